The second-order valence-electron chi connectivity index (χ2n) is 5.87. The third-order valence-electron chi connectivity index (χ3n) is 3.91. The van der Waals surface area contributed by atoms with E-state index in [-0.39, 0.29) is 25.4 Å². The molecule has 0 radical (unpaired) electrons. The molecule has 8 heteroatoms. The van der Waals surface area contributed by atoms with Crippen LogP contribution in [-0.4, -0.2) is 45.1 Å². The average Bonchev–Trinajstić information content (AvgIpc) is 3.13. The molecule has 0 bridgehead atoms. The van der Waals surface area contributed by atoms with E-state index in [1.165, 1.54) is 10.6 Å². The number of nitrogens with zero attached hydrogens (tertiary/aromatic N) is 1. The predicted molar refractivity (Wildman–Crippen MR) is 98.3 cm³/mol. The zero-order valence-corrected chi connectivity index (χ0v) is 15.8. The van der Waals surface area contributed by atoms with Crippen LogP contribution >= 0.6 is 0 Å². The van der Waals surface area contributed by atoms with Gasteiger partial charge in [0, 0.05) is 19.5 Å². The van der Waals surface area contributed by atoms with Crippen LogP contribution in [-0.2, 0) is 27.8 Å². The Morgan fingerprint density at radius 3 is 2.50 bits per heavy atom. The average molecular weight is 380 g/mol. The van der Waals surface area contributed by atoms with Crippen LogP contribution in [0.1, 0.15) is 17.7 Å². The zero-order valence-electron chi connectivity index (χ0n) is 15.0. The highest BCUT2D eigenvalue weighted by atomic mass is 32.2. The Balaban J connectivity index is 1.83. The lowest BCUT2D eigenvalue weighted by atomic mass is 10.1. The van der Waals surface area contributed by atoms with Gasteiger partial charge >= 0.3 is 0 Å². The number of sulfonamides is 1. The third-order valence-corrected chi connectivity index (χ3v) is 5.21. The van der Waals surface area contributed by atoms with E-state index in [1.54, 1.807) is 19.2 Å². The molecule has 0 aliphatic rings. The van der Waals surface area contributed by atoms with Gasteiger partial charge in [-0.3, -0.25) is 4.79 Å². The fraction of sp³-hybridized carbons (Fsp3) is 0.389. The molecular weight excluding hydrogens is 356 g/mol. The highest BCUT2D eigenvalue weighted by Gasteiger charge is 2.17. The summed E-state index contributed by atoms with van der Waals surface area (Å²) in [4.78, 5) is 11.9. The van der Waals surface area contributed by atoms with E-state index < -0.39 is 10.0 Å². The second kappa shape index (κ2) is 9.40. The highest BCUT2D eigenvalue weighted by molar-refractivity contribution is 7.88. The van der Waals surface area contributed by atoms with Crippen LogP contribution in [0.25, 0.3) is 0 Å². The Labute approximate surface area is 154 Å². The molecule has 1 N–H and O–H groups in total. The van der Waals surface area contributed by atoms with Gasteiger partial charge in [0.2, 0.25) is 15.9 Å². The molecule has 0 aliphatic heterocycles. The Hall–Kier alpha value is -2.32. The van der Waals surface area contributed by atoms with Gasteiger partial charge in [-0.2, -0.15) is 0 Å². The lowest BCUT2D eigenvalue weighted by molar-refractivity contribution is -0.121. The second-order valence-corrected chi connectivity index (χ2v) is 7.85. The lowest BCUT2D eigenvalue weighted by Crippen LogP contribution is -2.35. The summed E-state index contributed by atoms with van der Waals surface area (Å²) in [5.41, 5.74) is 1.00. The Kier molecular flexibility index (Phi) is 7.23. The maximum Gasteiger partial charge on any atom is 0.221 e. The van der Waals surface area contributed by atoms with Gasteiger partial charge in [0.05, 0.1) is 26.2 Å². The monoisotopic (exact) mass is 380 g/mol. The van der Waals surface area contributed by atoms with Crippen LogP contribution in [0.15, 0.2) is 47.1 Å². The van der Waals surface area contributed by atoms with Crippen molar-refractivity contribution in [2.75, 3.05) is 26.5 Å². The lowest BCUT2D eigenvalue weighted by Gasteiger charge is -2.19. The predicted octanol–water partition coefficient (Wildman–Crippen LogP) is 1.80. The van der Waals surface area contributed by atoms with Gasteiger partial charge < -0.3 is 14.5 Å². The number of hydrogen-bond acceptors (Lipinski definition) is 5. The number of amides is 1. The Bertz CT molecular complexity index is 785. The summed E-state index contributed by atoms with van der Waals surface area (Å²) in [5.74, 6) is 1.18. The molecule has 1 heterocycles. The van der Waals surface area contributed by atoms with Gasteiger partial charge in [0.15, 0.2) is 0 Å². The van der Waals surface area contributed by atoms with Crippen molar-refractivity contribution in [2.45, 2.75) is 19.4 Å². The van der Waals surface area contributed by atoms with Crippen LogP contribution in [0.2, 0.25) is 0 Å². The maximum absolute atomic E-state index is 12.0. The minimum atomic E-state index is -3.39. The quantitative estimate of drug-likeness (QED) is 0.679. The molecule has 7 nitrogen and oxygen atoms in total. The smallest absolute Gasteiger partial charge is 0.221 e. The van der Waals surface area contributed by atoms with E-state index in [0.717, 1.165) is 17.6 Å². The molecule has 0 aliphatic carbocycles. The first-order valence-electron chi connectivity index (χ1n) is 8.25. The number of carbonyl (C=O) groups is 1. The first kappa shape index (κ1) is 20.0. The largest absolute Gasteiger partial charge is 0.497 e. The molecule has 1 aromatic carbocycles. The molecule has 2 aromatic rings. The number of carbonyl (C=O) groups excluding carboxylic acids is 1. The topological polar surface area (TPSA) is 88.8 Å². The number of rotatable bonds is 10. The van der Waals surface area contributed by atoms with E-state index in [1.807, 2.05) is 24.3 Å². The number of furan rings is 1. The van der Waals surface area contributed by atoms with Crippen molar-refractivity contribution in [1.82, 2.24) is 9.62 Å². The number of methoxy groups -OCH3 is 1. The molecular formula is C18H24N2O5S. The van der Waals surface area contributed by atoms with Crippen LogP contribution in [0, 0.1) is 0 Å². The van der Waals surface area contributed by atoms with Crippen molar-refractivity contribution in [3.05, 3.63) is 54.0 Å². The standard InChI is InChI=1S/C18H24N2O5S/c1-24-16-7-5-15(6-8-16)9-11-20(26(2,22)23)12-10-18(21)19-14-17-4-3-13-25-17/h3-8,13H,9-12,14H2,1-2H3,(H,19,21). The fourth-order valence-electron chi connectivity index (χ4n) is 2.40. The molecule has 0 fully saturated rings. The van der Waals surface area contributed by atoms with Gasteiger partial charge in [-0.1, -0.05) is 12.1 Å². The van der Waals surface area contributed by atoms with Crippen molar-refractivity contribution in [2.24, 2.45) is 0 Å². The van der Waals surface area contributed by atoms with Gasteiger partial charge in [-0.15, -0.1) is 0 Å². The van der Waals surface area contributed by atoms with Gasteiger partial charge in [-0.25, -0.2) is 12.7 Å². The summed E-state index contributed by atoms with van der Waals surface area (Å²) in [7, 11) is -1.80. The first-order chi connectivity index (χ1) is 12.4. The molecule has 0 atom stereocenters. The van der Waals surface area contributed by atoms with E-state index >= 15 is 0 Å². The van der Waals surface area contributed by atoms with Crippen LogP contribution in [0.3, 0.4) is 0 Å². The van der Waals surface area contributed by atoms with Crippen molar-refractivity contribution < 1.29 is 22.4 Å². The molecule has 0 spiro atoms. The molecule has 1 amide bonds. The Morgan fingerprint density at radius 1 is 1.19 bits per heavy atom. The molecule has 142 valence electrons. The van der Waals surface area contributed by atoms with E-state index in [4.69, 9.17) is 9.15 Å². The molecule has 0 unspecified atom stereocenters. The Morgan fingerprint density at radius 2 is 1.92 bits per heavy atom. The van der Waals surface area contributed by atoms with Gasteiger partial charge in [0.1, 0.15) is 11.5 Å². The molecule has 1 aromatic heterocycles. The fourth-order valence-corrected chi connectivity index (χ4v) is 3.25. The summed E-state index contributed by atoms with van der Waals surface area (Å²) in [6.07, 6.45) is 3.34. The molecule has 2 rings (SSSR count). The minimum absolute atomic E-state index is 0.0936. The summed E-state index contributed by atoms with van der Waals surface area (Å²) < 4.78 is 35.5. The summed E-state index contributed by atoms with van der Waals surface area (Å²) in [5, 5.41) is 2.71. The first-order valence-corrected chi connectivity index (χ1v) is 10.1. The van der Waals surface area contributed by atoms with Crippen LogP contribution in [0.4, 0.5) is 0 Å². The van der Waals surface area contributed by atoms with Crippen LogP contribution < -0.4 is 10.1 Å². The van der Waals surface area contributed by atoms with Crippen LogP contribution in [0.5, 0.6) is 5.75 Å². The number of ether oxygens (including phenoxy) is 1. The summed E-state index contributed by atoms with van der Waals surface area (Å²) >= 11 is 0. The summed E-state index contributed by atoms with van der Waals surface area (Å²) in [6.45, 7) is 0.742. The molecule has 26 heavy (non-hydrogen) atoms. The van der Waals surface area contributed by atoms with Crippen molar-refractivity contribution in [3.8, 4) is 5.75 Å². The maximum atomic E-state index is 12.0. The zero-order chi connectivity index (χ0) is 19.0. The summed E-state index contributed by atoms with van der Waals surface area (Å²) in [6, 6.07) is 11.0. The normalized spacial score (nSPS) is 11.5. The third kappa shape index (κ3) is 6.53. The SMILES string of the molecule is COc1ccc(CCN(CCC(=O)NCc2ccco2)S(C)(=O)=O)cc1. The minimum Gasteiger partial charge on any atom is -0.497 e. The van der Waals surface area contributed by atoms with Gasteiger partial charge in [-0.05, 0) is 36.2 Å². The number of nitrogens with one attached hydrogen (secondary N) is 1. The van der Waals surface area contributed by atoms with E-state index in [0.29, 0.717) is 18.7 Å². The van der Waals surface area contributed by atoms with Crippen molar-refractivity contribution in [3.63, 3.8) is 0 Å². The van der Waals surface area contributed by atoms with E-state index in [9.17, 15) is 13.2 Å². The molecule has 0 saturated carbocycles. The van der Waals surface area contributed by atoms with E-state index in [2.05, 4.69) is 5.32 Å². The molecule has 0 saturated heterocycles. The number of benzene rings is 1. The highest BCUT2D eigenvalue weighted by Crippen LogP contribution is 2.13. The van der Waals surface area contributed by atoms with Gasteiger partial charge in [0.25, 0.3) is 0 Å². The van der Waals surface area contributed by atoms with Crippen molar-refractivity contribution in [1.29, 1.82) is 0 Å². The number of hydrogen-bond donors (Lipinski definition) is 1. The van der Waals surface area contributed by atoms with Crippen molar-refractivity contribution >= 4 is 15.9 Å².